The Balaban J connectivity index is 1.94. The van der Waals surface area contributed by atoms with Gasteiger partial charge in [0.15, 0.2) is 5.78 Å². The van der Waals surface area contributed by atoms with Gasteiger partial charge in [-0.2, -0.15) is 23.4 Å². The van der Waals surface area contributed by atoms with Crippen LogP contribution >= 0.6 is 15.9 Å². The topological polar surface area (TPSA) is 42.9 Å². The molecule has 0 spiro atoms. The van der Waals surface area contributed by atoms with Crippen molar-refractivity contribution in [1.29, 1.82) is 0 Å². The number of hydrogen-bond acceptors (Lipinski definition) is 3. The maximum absolute atomic E-state index is 12.6. The van der Waals surface area contributed by atoms with Gasteiger partial charge in [0, 0.05) is 21.2 Å². The Labute approximate surface area is 149 Å². The Morgan fingerprint density at radius 2 is 1.68 bits per heavy atom. The van der Waals surface area contributed by atoms with Crippen molar-refractivity contribution in [2.45, 2.75) is 6.18 Å². The van der Waals surface area contributed by atoms with Crippen LogP contribution in [0.4, 0.5) is 13.2 Å². The van der Waals surface area contributed by atoms with E-state index in [-0.39, 0.29) is 5.78 Å². The molecule has 0 N–H and O–H groups in total. The summed E-state index contributed by atoms with van der Waals surface area (Å²) < 4.78 is 38.6. The zero-order valence-corrected chi connectivity index (χ0v) is 14.2. The smallest absolute Gasteiger partial charge is 0.289 e. The molecule has 3 rings (SSSR count). The molecule has 0 saturated heterocycles. The van der Waals surface area contributed by atoms with Crippen LogP contribution in [-0.4, -0.2) is 16.0 Å². The lowest BCUT2D eigenvalue weighted by Crippen LogP contribution is -2.05. The second kappa shape index (κ2) is 6.76. The van der Waals surface area contributed by atoms with Crippen molar-refractivity contribution >= 4 is 21.7 Å². The van der Waals surface area contributed by atoms with Crippen molar-refractivity contribution in [3.05, 3.63) is 82.0 Å². The Kier molecular flexibility index (Phi) is 4.67. The molecule has 0 saturated carbocycles. The molecule has 0 aliphatic rings. The van der Waals surface area contributed by atoms with Crippen molar-refractivity contribution in [2.75, 3.05) is 0 Å². The lowest BCUT2D eigenvalue weighted by atomic mass is 10.0. The largest absolute Gasteiger partial charge is 0.416 e. The number of ketones is 1. The van der Waals surface area contributed by atoms with E-state index in [0.29, 0.717) is 26.9 Å². The van der Waals surface area contributed by atoms with E-state index in [1.54, 1.807) is 24.3 Å². The minimum Gasteiger partial charge on any atom is -0.289 e. The number of nitrogens with zero attached hydrogens (tertiary/aromatic N) is 2. The summed E-state index contributed by atoms with van der Waals surface area (Å²) in [7, 11) is 0. The molecule has 126 valence electrons. The summed E-state index contributed by atoms with van der Waals surface area (Å²) in [4.78, 5) is 12.6. The molecule has 1 aromatic heterocycles. The number of halogens is 4. The predicted octanol–water partition coefficient (Wildman–Crippen LogP) is 5.16. The molecule has 7 heteroatoms. The van der Waals surface area contributed by atoms with E-state index >= 15 is 0 Å². The number of benzene rings is 2. The van der Waals surface area contributed by atoms with E-state index in [4.69, 9.17) is 0 Å². The summed E-state index contributed by atoms with van der Waals surface area (Å²) in [6.45, 7) is 0. The van der Waals surface area contributed by atoms with Gasteiger partial charge in [-0.25, -0.2) is 0 Å². The first-order valence-corrected chi connectivity index (χ1v) is 7.95. The first-order chi connectivity index (χ1) is 11.9. The number of alkyl halides is 3. The fourth-order valence-electron chi connectivity index (χ4n) is 2.26. The van der Waals surface area contributed by atoms with Crippen molar-refractivity contribution in [3.63, 3.8) is 0 Å². The van der Waals surface area contributed by atoms with Crippen LogP contribution in [0.15, 0.2) is 65.3 Å². The van der Waals surface area contributed by atoms with Crippen LogP contribution < -0.4 is 0 Å². The zero-order chi connectivity index (χ0) is 18.0. The van der Waals surface area contributed by atoms with Gasteiger partial charge in [-0.05, 0) is 30.3 Å². The molecule has 0 atom stereocenters. The first kappa shape index (κ1) is 17.3. The second-order valence-corrected chi connectivity index (χ2v) is 6.07. The number of aromatic nitrogens is 2. The number of hydrogen-bond donors (Lipinski definition) is 0. The molecule has 25 heavy (non-hydrogen) atoms. The van der Waals surface area contributed by atoms with E-state index in [2.05, 4.69) is 26.1 Å². The highest BCUT2D eigenvalue weighted by Crippen LogP contribution is 2.30. The Hall–Kier alpha value is -2.54. The number of carbonyl (C=O) groups excluding carboxylic acids is 1. The highest BCUT2D eigenvalue weighted by atomic mass is 79.9. The summed E-state index contributed by atoms with van der Waals surface area (Å²) in [6.07, 6.45) is -3.07. The van der Waals surface area contributed by atoms with Gasteiger partial charge in [-0.1, -0.05) is 40.2 Å². The molecule has 0 aliphatic heterocycles. The molecular weight excluding hydrogens is 397 g/mol. The summed E-state index contributed by atoms with van der Waals surface area (Å²) in [5, 5.41) is 7.70. The quantitative estimate of drug-likeness (QED) is 0.564. The normalized spacial score (nSPS) is 11.4. The predicted molar refractivity (Wildman–Crippen MR) is 90.0 cm³/mol. The van der Waals surface area contributed by atoms with Crippen LogP contribution in [0.5, 0.6) is 0 Å². The molecule has 0 bridgehead atoms. The lowest BCUT2D eigenvalue weighted by Gasteiger charge is -2.08. The van der Waals surface area contributed by atoms with Gasteiger partial charge in [0.2, 0.25) is 0 Å². The molecule has 0 fully saturated rings. The monoisotopic (exact) mass is 406 g/mol. The third-order valence-corrected chi connectivity index (χ3v) is 4.23. The van der Waals surface area contributed by atoms with Gasteiger partial charge < -0.3 is 0 Å². The van der Waals surface area contributed by atoms with E-state index in [9.17, 15) is 18.0 Å². The van der Waals surface area contributed by atoms with Gasteiger partial charge in [-0.3, -0.25) is 4.79 Å². The molecule has 0 unspecified atom stereocenters. The fraction of sp³-hybridized carbons (Fsp3) is 0.0556. The van der Waals surface area contributed by atoms with Crippen molar-refractivity contribution < 1.29 is 18.0 Å². The van der Waals surface area contributed by atoms with Crippen LogP contribution in [0.25, 0.3) is 11.3 Å². The Morgan fingerprint density at radius 3 is 2.32 bits per heavy atom. The first-order valence-electron chi connectivity index (χ1n) is 7.16. The average Bonchev–Trinajstić information content (AvgIpc) is 2.61. The van der Waals surface area contributed by atoms with Crippen molar-refractivity contribution in [1.82, 2.24) is 10.2 Å². The van der Waals surface area contributed by atoms with Crippen molar-refractivity contribution in [3.8, 4) is 11.3 Å². The summed E-state index contributed by atoms with van der Waals surface area (Å²) in [5.41, 5.74) is 0.796. The minimum absolute atomic E-state index is 0.254. The third kappa shape index (κ3) is 3.76. The fourth-order valence-corrected chi connectivity index (χ4v) is 2.73. The maximum Gasteiger partial charge on any atom is 0.416 e. The van der Waals surface area contributed by atoms with Gasteiger partial charge >= 0.3 is 6.18 Å². The SMILES string of the molecule is O=C(c1cnnc(-c2ccc(C(F)(F)F)cc2)c1)c1ccccc1Br. The maximum atomic E-state index is 12.6. The van der Waals surface area contributed by atoms with Crippen molar-refractivity contribution in [2.24, 2.45) is 0 Å². The van der Waals surface area contributed by atoms with Gasteiger partial charge in [-0.15, -0.1) is 0 Å². The molecular formula is C18H10BrF3N2O. The highest BCUT2D eigenvalue weighted by Gasteiger charge is 2.30. The van der Waals surface area contributed by atoms with Crippen LogP contribution in [-0.2, 0) is 6.18 Å². The number of carbonyl (C=O) groups is 1. The second-order valence-electron chi connectivity index (χ2n) is 5.21. The lowest BCUT2D eigenvalue weighted by molar-refractivity contribution is -0.137. The van der Waals surface area contributed by atoms with E-state index in [0.717, 1.165) is 12.1 Å². The summed E-state index contributed by atoms with van der Waals surface area (Å²) in [6, 6.07) is 13.0. The molecule has 3 nitrogen and oxygen atoms in total. The summed E-state index contributed by atoms with van der Waals surface area (Å²) >= 11 is 3.32. The van der Waals surface area contributed by atoms with Crippen LogP contribution in [0.2, 0.25) is 0 Å². The minimum atomic E-state index is -4.40. The van der Waals surface area contributed by atoms with Crippen LogP contribution in [0, 0.1) is 0 Å². The molecule has 0 radical (unpaired) electrons. The Bertz CT molecular complexity index is 924. The van der Waals surface area contributed by atoms with Gasteiger partial charge in [0.25, 0.3) is 0 Å². The molecule has 1 heterocycles. The standard InChI is InChI=1S/C18H10BrF3N2O/c19-15-4-2-1-3-14(15)17(25)12-9-16(24-23-10-12)11-5-7-13(8-6-11)18(20,21)22/h1-10H. The van der Waals surface area contributed by atoms with E-state index < -0.39 is 11.7 Å². The van der Waals surface area contributed by atoms with Gasteiger partial charge in [0.05, 0.1) is 17.5 Å². The highest BCUT2D eigenvalue weighted by molar-refractivity contribution is 9.10. The molecule has 0 aliphatic carbocycles. The van der Waals surface area contributed by atoms with Gasteiger partial charge in [0.1, 0.15) is 0 Å². The van der Waals surface area contributed by atoms with Crippen LogP contribution in [0.3, 0.4) is 0 Å². The third-order valence-electron chi connectivity index (χ3n) is 3.54. The molecule has 2 aromatic carbocycles. The van der Waals surface area contributed by atoms with E-state index in [1.165, 1.54) is 24.4 Å². The molecule has 3 aromatic rings. The van der Waals surface area contributed by atoms with E-state index in [1.807, 2.05) is 0 Å². The Morgan fingerprint density at radius 1 is 1.00 bits per heavy atom. The zero-order valence-electron chi connectivity index (χ0n) is 12.6. The molecule has 0 amide bonds. The number of rotatable bonds is 3. The van der Waals surface area contributed by atoms with Crippen LogP contribution in [0.1, 0.15) is 21.5 Å². The average molecular weight is 407 g/mol. The summed E-state index contributed by atoms with van der Waals surface area (Å²) in [5.74, 6) is -0.254.